The van der Waals surface area contributed by atoms with Crippen molar-refractivity contribution in [1.82, 2.24) is 34.1 Å². The Labute approximate surface area is 192 Å². The largest absolute Gasteiger partial charge is 0.384 e. The number of hydrogen-bond acceptors (Lipinski definition) is 6. The van der Waals surface area contributed by atoms with Gasteiger partial charge in [-0.1, -0.05) is 13.0 Å². The molecule has 0 saturated heterocycles. The summed E-state index contributed by atoms with van der Waals surface area (Å²) in [5.74, 6) is 0.564. The number of rotatable bonds is 6. The van der Waals surface area contributed by atoms with Gasteiger partial charge in [-0.25, -0.2) is 19.9 Å². The average Bonchev–Trinajstić information content (AvgIpc) is 3.33. The number of fused-ring (bicyclic) bond motifs is 2. The van der Waals surface area contributed by atoms with Crippen molar-refractivity contribution in [1.29, 1.82) is 0 Å². The summed E-state index contributed by atoms with van der Waals surface area (Å²) in [5.41, 5.74) is 15.4. The Morgan fingerprint density at radius 1 is 0.970 bits per heavy atom. The summed E-state index contributed by atoms with van der Waals surface area (Å²) in [6, 6.07) is 6.11. The third kappa shape index (κ3) is 3.92. The molecule has 0 bridgehead atoms. The molecule has 5 heterocycles. The number of nitrogen functional groups attached to an aromatic ring is 1. The Kier molecular flexibility index (Phi) is 5.28. The highest BCUT2D eigenvalue weighted by molar-refractivity contribution is 5.76. The second kappa shape index (κ2) is 8.27. The summed E-state index contributed by atoms with van der Waals surface area (Å²) >= 11 is 0. The molecule has 0 aliphatic rings. The van der Waals surface area contributed by atoms with Gasteiger partial charge in [0.1, 0.15) is 17.8 Å². The second-order valence-corrected chi connectivity index (χ2v) is 8.58. The number of pyridine rings is 2. The van der Waals surface area contributed by atoms with Gasteiger partial charge in [-0.15, -0.1) is 0 Å². The third-order valence-electron chi connectivity index (χ3n) is 6.33. The number of nitrogens with two attached hydrogens (primary N) is 1. The number of hydrogen-bond donors (Lipinski definition) is 1. The van der Waals surface area contributed by atoms with E-state index in [0.717, 1.165) is 64.2 Å². The van der Waals surface area contributed by atoms with Crippen LogP contribution in [0.4, 0.5) is 5.82 Å². The number of anilines is 1. The smallest absolute Gasteiger partial charge is 0.184 e. The zero-order valence-electron chi connectivity index (χ0n) is 19.5. The Morgan fingerprint density at radius 3 is 2.61 bits per heavy atom. The number of aromatic nitrogens is 7. The summed E-state index contributed by atoms with van der Waals surface area (Å²) in [6.07, 6.45) is 8.36. The van der Waals surface area contributed by atoms with Crippen molar-refractivity contribution in [2.45, 2.75) is 53.5 Å². The molecule has 0 saturated carbocycles. The normalized spacial score (nSPS) is 11.6. The standard InChI is InChI=1S/C25H28N8/c1-5-21-17(4)33-12-18(6-9-24(33)30-21)11-32-13-20-22(27-14-28-25(20)31-32)8-7-19-15(2)10-23(26)29-16(19)3/h6,9-10,12-14H,5,7-8,11H2,1-4H3,(H2,26,29). The number of aryl methyl sites for hydroxylation is 5. The van der Waals surface area contributed by atoms with Crippen LogP contribution in [0.1, 0.15) is 46.4 Å². The lowest BCUT2D eigenvalue weighted by Crippen LogP contribution is -2.03. The quantitative estimate of drug-likeness (QED) is 0.431. The predicted octanol–water partition coefficient (Wildman–Crippen LogP) is 3.77. The molecule has 0 amide bonds. The monoisotopic (exact) mass is 440 g/mol. The van der Waals surface area contributed by atoms with Gasteiger partial charge in [0.2, 0.25) is 0 Å². The van der Waals surface area contributed by atoms with Gasteiger partial charge in [0.25, 0.3) is 0 Å². The zero-order valence-corrected chi connectivity index (χ0v) is 19.5. The van der Waals surface area contributed by atoms with Crippen molar-refractivity contribution in [3.05, 3.63) is 76.4 Å². The van der Waals surface area contributed by atoms with Crippen LogP contribution in [-0.2, 0) is 25.8 Å². The van der Waals surface area contributed by atoms with E-state index in [0.29, 0.717) is 12.4 Å². The molecule has 5 aromatic rings. The minimum atomic E-state index is 0.564. The first-order chi connectivity index (χ1) is 15.9. The van der Waals surface area contributed by atoms with Crippen LogP contribution >= 0.6 is 0 Å². The van der Waals surface area contributed by atoms with Crippen LogP contribution in [0.2, 0.25) is 0 Å². The molecular weight excluding hydrogens is 412 g/mol. The number of nitrogens with zero attached hydrogens (tertiary/aromatic N) is 7. The van der Waals surface area contributed by atoms with E-state index < -0.39 is 0 Å². The van der Waals surface area contributed by atoms with Crippen LogP contribution in [0, 0.1) is 20.8 Å². The fourth-order valence-electron chi connectivity index (χ4n) is 4.59. The van der Waals surface area contributed by atoms with E-state index in [9.17, 15) is 0 Å². The molecule has 168 valence electrons. The van der Waals surface area contributed by atoms with Crippen LogP contribution in [0.5, 0.6) is 0 Å². The maximum absolute atomic E-state index is 5.88. The molecule has 33 heavy (non-hydrogen) atoms. The van der Waals surface area contributed by atoms with Crippen molar-refractivity contribution in [3.63, 3.8) is 0 Å². The van der Waals surface area contributed by atoms with Crippen molar-refractivity contribution in [2.24, 2.45) is 0 Å². The molecule has 8 heteroatoms. The Morgan fingerprint density at radius 2 is 1.82 bits per heavy atom. The molecule has 0 aliphatic heterocycles. The van der Waals surface area contributed by atoms with Crippen LogP contribution < -0.4 is 5.73 Å². The Bertz CT molecular complexity index is 1450. The molecule has 0 fully saturated rings. The maximum Gasteiger partial charge on any atom is 0.184 e. The van der Waals surface area contributed by atoms with E-state index >= 15 is 0 Å². The van der Waals surface area contributed by atoms with Crippen LogP contribution in [-0.4, -0.2) is 34.1 Å². The highest BCUT2D eigenvalue weighted by atomic mass is 15.3. The zero-order chi connectivity index (χ0) is 23.1. The van der Waals surface area contributed by atoms with Gasteiger partial charge >= 0.3 is 0 Å². The van der Waals surface area contributed by atoms with Gasteiger partial charge in [0.15, 0.2) is 5.65 Å². The molecule has 8 nitrogen and oxygen atoms in total. The lowest BCUT2D eigenvalue weighted by atomic mass is 10.0. The maximum atomic E-state index is 5.88. The molecule has 0 radical (unpaired) electrons. The first-order valence-electron chi connectivity index (χ1n) is 11.3. The minimum absolute atomic E-state index is 0.564. The van der Waals surface area contributed by atoms with E-state index in [1.165, 1.54) is 11.3 Å². The topological polar surface area (TPSA) is 99.8 Å². The van der Waals surface area contributed by atoms with Crippen molar-refractivity contribution in [2.75, 3.05) is 5.73 Å². The summed E-state index contributed by atoms with van der Waals surface area (Å²) in [6.45, 7) is 9.00. The highest BCUT2D eigenvalue weighted by Gasteiger charge is 2.13. The summed E-state index contributed by atoms with van der Waals surface area (Å²) in [5, 5.41) is 5.70. The molecule has 5 aromatic heterocycles. The molecule has 0 atom stereocenters. The van der Waals surface area contributed by atoms with Gasteiger partial charge in [-0.3, -0.25) is 4.68 Å². The second-order valence-electron chi connectivity index (χ2n) is 8.58. The average molecular weight is 441 g/mol. The first kappa shape index (κ1) is 21.1. The van der Waals surface area contributed by atoms with Crippen molar-refractivity contribution in [3.8, 4) is 0 Å². The van der Waals surface area contributed by atoms with Gasteiger partial charge in [0, 0.05) is 23.8 Å². The SMILES string of the molecule is CCc1nc2ccc(Cn3cc4c(CCc5c(C)cc(N)nc5C)ncnc4n3)cn2c1C. The van der Waals surface area contributed by atoms with Crippen LogP contribution in [0.25, 0.3) is 16.7 Å². The summed E-state index contributed by atoms with van der Waals surface area (Å²) < 4.78 is 4.10. The molecule has 5 rings (SSSR count). The van der Waals surface area contributed by atoms with E-state index in [1.807, 2.05) is 23.9 Å². The Hall–Kier alpha value is -3.81. The minimum Gasteiger partial charge on any atom is -0.384 e. The third-order valence-corrected chi connectivity index (χ3v) is 6.33. The lowest BCUT2D eigenvalue weighted by Gasteiger charge is -2.10. The molecule has 2 N–H and O–H groups in total. The van der Waals surface area contributed by atoms with Crippen LogP contribution in [0.3, 0.4) is 0 Å². The molecule has 0 spiro atoms. The van der Waals surface area contributed by atoms with E-state index in [4.69, 9.17) is 15.8 Å². The van der Waals surface area contributed by atoms with Crippen LogP contribution in [0.15, 0.2) is 36.9 Å². The fourth-order valence-corrected chi connectivity index (χ4v) is 4.59. The summed E-state index contributed by atoms with van der Waals surface area (Å²) in [7, 11) is 0. The molecule has 0 aliphatic carbocycles. The van der Waals surface area contributed by atoms with Gasteiger partial charge in [-0.05, 0) is 68.9 Å². The highest BCUT2D eigenvalue weighted by Crippen LogP contribution is 2.21. The number of imidazole rings is 1. The van der Waals surface area contributed by atoms with E-state index in [2.05, 4.69) is 58.5 Å². The molecular formula is C25H28N8. The van der Waals surface area contributed by atoms with E-state index in [1.54, 1.807) is 6.33 Å². The van der Waals surface area contributed by atoms with Gasteiger partial charge in [0.05, 0.1) is 23.3 Å². The van der Waals surface area contributed by atoms with Crippen molar-refractivity contribution < 1.29 is 0 Å². The fraction of sp³-hybridized carbons (Fsp3) is 0.320. The summed E-state index contributed by atoms with van der Waals surface area (Å²) in [4.78, 5) is 18.1. The Balaban J connectivity index is 1.41. The van der Waals surface area contributed by atoms with E-state index in [-0.39, 0.29) is 0 Å². The first-order valence-corrected chi connectivity index (χ1v) is 11.3. The van der Waals surface area contributed by atoms with Gasteiger partial charge < -0.3 is 10.1 Å². The lowest BCUT2D eigenvalue weighted by molar-refractivity contribution is 0.690. The van der Waals surface area contributed by atoms with Gasteiger partial charge in [-0.2, -0.15) is 5.10 Å². The molecule has 0 aromatic carbocycles. The predicted molar refractivity (Wildman–Crippen MR) is 129 cm³/mol. The van der Waals surface area contributed by atoms with Crippen molar-refractivity contribution >= 4 is 22.5 Å². The molecule has 0 unspecified atom stereocenters.